The van der Waals surface area contributed by atoms with Crippen LogP contribution in [0.2, 0.25) is 0 Å². The third-order valence-corrected chi connectivity index (χ3v) is 2.57. The van der Waals surface area contributed by atoms with Crippen molar-refractivity contribution in [3.63, 3.8) is 0 Å². The first-order valence-electron chi connectivity index (χ1n) is 5.62. The van der Waals surface area contributed by atoms with Crippen molar-refractivity contribution in [2.45, 2.75) is 6.36 Å². The predicted molar refractivity (Wildman–Crippen MR) is 68.1 cm³/mol. The highest BCUT2D eigenvalue weighted by Crippen LogP contribution is 2.27. The Labute approximate surface area is 108 Å². The lowest BCUT2D eigenvalue weighted by molar-refractivity contribution is -0.274. The summed E-state index contributed by atoms with van der Waals surface area (Å²) in [6.45, 7) is 0. The Kier molecular flexibility index (Phi) is 3.64. The molecule has 0 aliphatic rings. The third-order valence-electron chi connectivity index (χ3n) is 2.57. The number of alkyl halides is 3. The van der Waals surface area contributed by atoms with Gasteiger partial charge in [0.2, 0.25) is 0 Å². The topological polar surface area (TPSA) is 21.3 Å². The number of rotatable bonds is 3. The molecule has 0 amide bonds. The van der Waals surface area contributed by atoms with E-state index in [-0.39, 0.29) is 5.75 Å². The minimum absolute atomic E-state index is 0.221. The number of ether oxygens (including phenoxy) is 1. The Hall–Kier alpha value is -2.17. The van der Waals surface area contributed by atoms with Crippen LogP contribution in [0, 0.1) is 0 Å². The molecule has 0 bridgehead atoms. The van der Waals surface area contributed by atoms with Gasteiger partial charge in [-0.25, -0.2) is 0 Å². The van der Waals surface area contributed by atoms with Gasteiger partial charge >= 0.3 is 6.36 Å². The van der Waals surface area contributed by atoms with Crippen molar-refractivity contribution in [1.82, 2.24) is 0 Å². The molecule has 19 heavy (non-hydrogen) atoms. The van der Waals surface area contributed by atoms with Gasteiger partial charge in [0, 0.05) is 12.7 Å². The van der Waals surface area contributed by atoms with Gasteiger partial charge in [-0.1, -0.05) is 24.3 Å². The summed E-state index contributed by atoms with van der Waals surface area (Å²) in [6, 6.07) is 13.4. The molecule has 2 rings (SSSR count). The van der Waals surface area contributed by atoms with Gasteiger partial charge in [0.1, 0.15) is 5.75 Å². The van der Waals surface area contributed by atoms with Crippen molar-refractivity contribution in [2.24, 2.45) is 0 Å². The van der Waals surface area contributed by atoms with E-state index in [2.05, 4.69) is 10.1 Å². The van der Waals surface area contributed by atoms with Gasteiger partial charge in [0.15, 0.2) is 0 Å². The molecule has 0 fully saturated rings. The van der Waals surface area contributed by atoms with Crippen molar-refractivity contribution < 1.29 is 17.9 Å². The smallest absolute Gasteiger partial charge is 0.406 e. The SMILES string of the molecule is CNc1cccc(-c2ccc(OC(F)(F)F)cc2)c1. The lowest BCUT2D eigenvalue weighted by Gasteiger charge is -2.10. The summed E-state index contributed by atoms with van der Waals surface area (Å²) in [7, 11) is 1.80. The first kappa shape index (κ1) is 13.3. The van der Waals surface area contributed by atoms with E-state index in [1.165, 1.54) is 12.1 Å². The first-order valence-corrected chi connectivity index (χ1v) is 5.62. The molecule has 0 spiro atoms. The standard InChI is InChI=1S/C14H12F3NO/c1-18-12-4-2-3-11(9-12)10-5-7-13(8-6-10)19-14(15,16)17/h2-9,18H,1H3. The van der Waals surface area contributed by atoms with Gasteiger partial charge < -0.3 is 10.1 Å². The van der Waals surface area contributed by atoms with Gasteiger partial charge in [-0.05, 0) is 35.4 Å². The van der Waals surface area contributed by atoms with Crippen molar-refractivity contribution >= 4 is 5.69 Å². The van der Waals surface area contributed by atoms with Crippen molar-refractivity contribution in [1.29, 1.82) is 0 Å². The molecule has 2 aromatic carbocycles. The number of hydrogen-bond donors (Lipinski definition) is 1. The predicted octanol–water partition coefficient (Wildman–Crippen LogP) is 4.29. The first-order chi connectivity index (χ1) is 8.98. The molecule has 0 aliphatic heterocycles. The number of nitrogens with one attached hydrogen (secondary N) is 1. The zero-order chi connectivity index (χ0) is 13.9. The molecule has 0 aromatic heterocycles. The Morgan fingerprint density at radius 3 is 2.21 bits per heavy atom. The molecule has 100 valence electrons. The maximum Gasteiger partial charge on any atom is 0.573 e. The Morgan fingerprint density at radius 1 is 0.947 bits per heavy atom. The molecular formula is C14H12F3NO. The molecule has 0 saturated heterocycles. The van der Waals surface area contributed by atoms with Crippen molar-refractivity contribution in [3.8, 4) is 16.9 Å². The molecule has 0 saturated carbocycles. The lowest BCUT2D eigenvalue weighted by atomic mass is 10.1. The highest BCUT2D eigenvalue weighted by Gasteiger charge is 2.30. The molecule has 2 aromatic rings. The molecular weight excluding hydrogens is 255 g/mol. The summed E-state index contributed by atoms with van der Waals surface area (Å²) in [4.78, 5) is 0. The Bertz CT molecular complexity index is 549. The van der Waals surface area contributed by atoms with Crippen LogP contribution in [-0.4, -0.2) is 13.4 Å². The van der Waals surface area contributed by atoms with Crippen LogP contribution in [-0.2, 0) is 0 Å². The summed E-state index contributed by atoms with van der Waals surface area (Å²) in [6.07, 6.45) is -4.66. The van der Waals surface area contributed by atoms with E-state index in [0.717, 1.165) is 16.8 Å². The fourth-order valence-electron chi connectivity index (χ4n) is 1.70. The summed E-state index contributed by atoms with van der Waals surface area (Å²) in [5.41, 5.74) is 2.69. The highest BCUT2D eigenvalue weighted by atomic mass is 19.4. The van der Waals surface area contributed by atoms with Crippen LogP contribution in [0.25, 0.3) is 11.1 Å². The van der Waals surface area contributed by atoms with Crippen LogP contribution in [0.1, 0.15) is 0 Å². The molecule has 5 heteroatoms. The zero-order valence-corrected chi connectivity index (χ0v) is 10.2. The highest BCUT2D eigenvalue weighted by molar-refractivity contribution is 5.68. The second-order valence-electron chi connectivity index (χ2n) is 3.90. The molecule has 0 aliphatic carbocycles. The fraction of sp³-hybridized carbons (Fsp3) is 0.143. The van der Waals surface area contributed by atoms with Gasteiger partial charge in [-0.2, -0.15) is 0 Å². The van der Waals surface area contributed by atoms with E-state index in [4.69, 9.17) is 0 Å². The van der Waals surface area contributed by atoms with Crippen LogP contribution in [0.3, 0.4) is 0 Å². The van der Waals surface area contributed by atoms with Crippen molar-refractivity contribution in [2.75, 3.05) is 12.4 Å². The summed E-state index contributed by atoms with van der Waals surface area (Å²) in [5, 5.41) is 3.01. The minimum atomic E-state index is -4.66. The van der Waals surface area contributed by atoms with E-state index >= 15 is 0 Å². The molecule has 0 heterocycles. The molecule has 1 N–H and O–H groups in total. The maximum absolute atomic E-state index is 12.0. The monoisotopic (exact) mass is 267 g/mol. The van der Waals surface area contributed by atoms with Gasteiger partial charge in [-0.3, -0.25) is 0 Å². The van der Waals surface area contributed by atoms with Crippen LogP contribution in [0.5, 0.6) is 5.75 Å². The Balaban J connectivity index is 2.22. The summed E-state index contributed by atoms with van der Waals surface area (Å²) in [5.74, 6) is -0.221. The lowest BCUT2D eigenvalue weighted by Crippen LogP contribution is -2.16. The second kappa shape index (κ2) is 5.22. The normalized spacial score (nSPS) is 11.2. The molecule has 0 unspecified atom stereocenters. The number of anilines is 1. The molecule has 0 atom stereocenters. The third kappa shape index (κ3) is 3.64. The van der Waals surface area contributed by atoms with Gasteiger partial charge in [-0.15, -0.1) is 13.2 Å². The van der Waals surface area contributed by atoms with E-state index in [1.54, 1.807) is 19.2 Å². The minimum Gasteiger partial charge on any atom is -0.406 e. The summed E-state index contributed by atoms with van der Waals surface area (Å²) < 4.78 is 39.9. The average Bonchev–Trinajstić information content (AvgIpc) is 2.38. The Morgan fingerprint density at radius 2 is 1.63 bits per heavy atom. The van der Waals surface area contributed by atoms with Crippen LogP contribution in [0.4, 0.5) is 18.9 Å². The number of hydrogen-bond acceptors (Lipinski definition) is 2. The second-order valence-corrected chi connectivity index (χ2v) is 3.90. The maximum atomic E-state index is 12.0. The average molecular weight is 267 g/mol. The van der Waals surface area contributed by atoms with Crippen molar-refractivity contribution in [3.05, 3.63) is 48.5 Å². The van der Waals surface area contributed by atoms with E-state index < -0.39 is 6.36 Å². The number of halogens is 3. The largest absolute Gasteiger partial charge is 0.573 e. The number of benzene rings is 2. The summed E-state index contributed by atoms with van der Waals surface area (Å²) >= 11 is 0. The molecule has 0 radical (unpaired) electrons. The van der Waals surface area contributed by atoms with Crippen LogP contribution in [0.15, 0.2) is 48.5 Å². The van der Waals surface area contributed by atoms with E-state index in [1.807, 2.05) is 24.3 Å². The zero-order valence-electron chi connectivity index (χ0n) is 10.2. The fourth-order valence-corrected chi connectivity index (χ4v) is 1.70. The van der Waals surface area contributed by atoms with E-state index in [9.17, 15) is 13.2 Å². The van der Waals surface area contributed by atoms with E-state index in [0.29, 0.717) is 0 Å². The quantitative estimate of drug-likeness (QED) is 0.895. The van der Waals surface area contributed by atoms with Crippen LogP contribution < -0.4 is 10.1 Å². The van der Waals surface area contributed by atoms with Gasteiger partial charge in [0.25, 0.3) is 0 Å². The van der Waals surface area contributed by atoms with Gasteiger partial charge in [0.05, 0.1) is 0 Å². The van der Waals surface area contributed by atoms with Crippen LogP contribution >= 0.6 is 0 Å². The molecule has 2 nitrogen and oxygen atoms in total.